The monoisotopic (exact) mass is 490 g/mol. The van der Waals surface area contributed by atoms with E-state index in [0.29, 0.717) is 6.42 Å². The number of carboxylic acids is 1. The molecule has 0 aromatic heterocycles. The third-order valence-electron chi connectivity index (χ3n) is 2.99. The van der Waals surface area contributed by atoms with Crippen LogP contribution in [-0.2, 0) is 31.5 Å². The average Bonchev–Trinajstić information content (AvgIpc) is 2.46. The van der Waals surface area contributed by atoms with E-state index in [-0.39, 0.29) is 32.2 Å². The van der Waals surface area contributed by atoms with Crippen molar-refractivity contribution in [3.05, 3.63) is 0 Å². The summed E-state index contributed by atoms with van der Waals surface area (Å²) in [7, 11) is 19.3. The van der Waals surface area contributed by atoms with Crippen molar-refractivity contribution in [3.63, 3.8) is 0 Å². The number of aliphatic carboxylic acids is 1. The Labute approximate surface area is 171 Å². The minimum atomic E-state index is -0.657. The zero-order valence-electron chi connectivity index (χ0n) is 13.7. The molecule has 3 nitrogen and oxygen atoms in total. The number of halogens is 4. The summed E-state index contributed by atoms with van der Waals surface area (Å²) in [5.74, 6) is -0.657. The van der Waals surface area contributed by atoms with Crippen molar-refractivity contribution in [3.8, 4) is 0 Å². The van der Waals surface area contributed by atoms with Gasteiger partial charge in [0, 0.05) is 6.42 Å². The molecule has 0 aliphatic carbocycles. The van der Waals surface area contributed by atoms with Gasteiger partial charge in [-0.3, -0.25) is 4.79 Å². The molecule has 0 fully saturated rings. The first-order chi connectivity index (χ1) is 10.6. The van der Waals surface area contributed by atoms with Crippen molar-refractivity contribution >= 4 is 46.2 Å². The van der Waals surface area contributed by atoms with Crippen LogP contribution in [-0.4, -0.2) is 16.6 Å². The molecule has 0 bridgehead atoms. The Morgan fingerprint density at radius 2 is 1.00 bits per heavy atom. The fourth-order valence-electron chi connectivity index (χ4n) is 1.94. The molecule has 0 rings (SSSR count). The fourth-order valence-corrected chi connectivity index (χ4v) is 1.94. The summed E-state index contributed by atoms with van der Waals surface area (Å²) in [5, 5.41) is 8.46. The number of unbranched alkanes of at least 4 members (excludes halogenated alkanes) is 10. The topological polar surface area (TPSA) is 68.8 Å². The van der Waals surface area contributed by atoms with Crippen molar-refractivity contribution in [2.75, 3.05) is 0 Å². The minimum absolute atomic E-state index is 0. The molecular formula is C14H30Cl4Cr2O3. The first-order valence-corrected chi connectivity index (χ1v) is 14.6. The summed E-state index contributed by atoms with van der Waals surface area (Å²) < 4.78 is 0. The third kappa shape index (κ3) is 51.6. The molecule has 0 saturated carbocycles. The molecular weight excluding hydrogens is 462 g/mol. The van der Waals surface area contributed by atoms with Gasteiger partial charge in [-0.05, 0) is 6.42 Å². The second-order valence-electron chi connectivity index (χ2n) is 4.80. The number of carboxylic acid groups (broad SMARTS) is 1. The second kappa shape index (κ2) is 34.9. The Hall–Kier alpha value is 1.65. The normalized spacial score (nSPS) is 8.91. The van der Waals surface area contributed by atoms with Crippen molar-refractivity contribution < 1.29 is 42.1 Å². The van der Waals surface area contributed by atoms with Crippen molar-refractivity contribution in [1.29, 1.82) is 0 Å². The number of hydrogen-bond acceptors (Lipinski definition) is 1. The predicted octanol–water partition coefficient (Wildman–Crippen LogP) is 6.70. The molecule has 9 heteroatoms. The van der Waals surface area contributed by atoms with E-state index in [1.54, 1.807) is 0 Å². The molecule has 0 amide bonds. The van der Waals surface area contributed by atoms with Crippen LogP contribution >= 0.6 is 40.2 Å². The van der Waals surface area contributed by atoms with Crippen LogP contribution in [0, 0.1) is 0 Å². The van der Waals surface area contributed by atoms with Crippen LogP contribution in [0.4, 0.5) is 0 Å². The molecule has 0 aliphatic heterocycles. The first kappa shape index (κ1) is 32.3. The van der Waals surface area contributed by atoms with Gasteiger partial charge in [-0.1, -0.05) is 71.1 Å². The maximum atomic E-state index is 10.3. The summed E-state index contributed by atoms with van der Waals surface area (Å²) in [4.78, 5) is 10.3. The third-order valence-corrected chi connectivity index (χ3v) is 2.99. The Balaban J connectivity index is -0.000000223. The van der Waals surface area contributed by atoms with E-state index in [1.807, 2.05) is 0 Å². The summed E-state index contributed by atoms with van der Waals surface area (Å²) in [6.07, 6.45) is 14.4. The van der Waals surface area contributed by atoms with E-state index in [2.05, 4.69) is 6.92 Å². The van der Waals surface area contributed by atoms with Gasteiger partial charge < -0.3 is 10.6 Å². The van der Waals surface area contributed by atoms with Gasteiger partial charge in [0.15, 0.2) is 0 Å². The summed E-state index contributed by atoms with van der Waals surface area (Å²) in [6.45, 7) is 2.25. The van der Waals surface area contributed by atoms with Crippen LogP contribution in [0.15, 0.2) is 0 Å². The Kier molecular flexibility index (Phi) is 49.0. The Morgan fingerprint density at radius 3 is 1.26 bits per heavy atom. The van der Waals surface area contributed by atoms with Gasteiger partial charge in [0.1, 0.15) is 0 Å². The van der Waals surface area contributed by atoms with Gasteiger partial charge >= 0.3 is 72.9 Å². The number of carbonyl (C=O) groups is 1. The van der Waals surface area contributed by atoms with Crippen LogP contribution in [0.2, 0.25) is 0 Å². The van der Waals surface area contributed by atoms with E-state index < -0.39 is 5.97 Å². The molecule has 144 valence electrons. The van der Waals surface area contributed by atoms with Crippen LogP contribution in [0.1, 0.15) is 84.0 Å². The van der Waals surface area contributed by atoms with Crippen LogP contribution < -0.4 is 0 Å². The second-order valence-corrected chi connectivity index (χ2v) is 9.01. The van der Waals surface area contributed by atoms with Crippen molar-refractivity contribution in [2.24, 2.45) is 0 Å². The summed E-state index contributed by atoms with van der Waals surface area (Å²) in [6, 6.07) is 0. The maximum absolute atomic E-state index is 10.3. The molecule has 0 atom stereocenters. The summed E-state index contributed by atoms with van der Waals surface area (Å²) in [5.41, 5.74) is 0. The Morgan fingerprint density at radius 1 is 0.739 bits per heavy atom. The zero-order valence-corrected chi connectivity index (χ0v) is 19.2. The molecule has 0 radical (unpaired) electrons. The van der Waals surface area contributed by atoms with E-state index in [1.165, 1.54) is 57.8 Å². The molecule has 0 aromatic carbocycles. The van der Waals surface area contributed by atoms with Gasteiger partial charge in [-0.2, -0.15) is 0 Å². The van der Waals surface area contributed by atoms with Crippen LogP contribution in [0.5, 0.6) is 0 Å². The van der Waals surface area contributed by atoms with Gasteiger partial charge in [0.2, 0.25) is 0 Å². The standard InChI is InChI=1S/C14H28O2.4ClH.2Cr.H2O/c1-2-3-4-5-6-7-8-9-10-11-12-13-14(15)16;;;;;;;/h2-13H2,1H3,(H,15,16);4*1H;;;1H2/q;;;;;2*+2;/p-4. The molecule has 3 N–H and O–H groups in total. The Bertz CT molecular complexity index is 203. The van der Waals surface area contributed by atoms with E-state index >= 15 is 0 Å². The fraction of sp³-hybridized carbons (Fsp3) is 0.929. The van der Waals surface area contributed by atoms with Gasteiger partial charge in [0.05, 0.1) is 0 Å². The molecule has 0 saturated heterocycles. The molecule has 0 spiro atoms. The van der Waals surface area contributed by atoms with Gasteiger partial charge in [-0.25, -0.2) is 0 Å². The van der Waals surface area contributed by atoms with E-state index in [4.69, 9.17) is 45.3 Å². The molecule has 0 aromatic rings. The van der Waals surface area contributed by atoms with Gasteiger partial charge in [0.25, 0.3) is 0 Å². The quantitative estimate of drug-likeness (QED) is 0.308. The molecule has 0 unspecified atom stereocenters. The van der Waals surface area contributed by atoms with Crippen molar-refractivity contribution in [2.45, 2.75) is 84.0 Å². The zero-order chi connectivity index (χ0) is 17.5. The molecule has 23 heavy (non-hydrogen) atoms. The van der Waals surface area contributed by atoms with Crippen LogP contribution in [0.25, 0.3) is 0 Å². The van der Waals surface area contributed by atoms with Crippen LogP contribution in [0.3, 0.4) is 0 Å². The van der Waals surface area contributed by atoms with Crippen molar-refractivity contribution in [1.82, 2.24) is 0 Å². The van der Waals surface area contributed by atoms with E-state index in [0.717, 1.165) is 12.8 Å². The molecule has 0 aliphatic rings. The molecule has 0 heterocycles. The van der Waals surface area contributed by atoms with E-state index in [9.17, 15) is 4.79 Å². The number of rotatable bonds is 12. The average molecular weight is 492 g/mol. The SMILES string of the molecule is CCCCCCCCCCCCCC(=O)O.O.[Cl][Cr][Cl].[Cl][Cr][Cl]. The first-order valence-electron chi connectivity index (χ1n) is 7.61. The van der Waals surface area contributed by atoms with Gasteiger partial charge in [-0.15, -0.1) is 0 Å². The summed E-state index contributed by atoms with van der Waals surface area (Å²) >= 11 is -0.361. The number of hydrogen-bond donors (Lipinski definition) is 1. The predicted molar refractivity (Wildman–Crippen MR) is 95.7 cm³/mol.